The maximum Gasteiger partial charge on any atom is 0.326 e. The van der Waals surface area contributed by atoms with E-state index >= 15 is 0 Å². The Bertz CT molecular complexity index is 1970. The van der Waals surface area contributed by atoms with Gasteiger partial charge in [0.15, 0.2) is 0 Å². The molecule has 20 heteroatoms. The van der Waals surface area contributed by atoms with Gasteiger partial charge in [0.1, 0.15) is 48.3 Å². The number of carboxylic acids is 1. The summed E-state index contributed by atoms with van der Waals surface area (Å²) in [5.74, 6) is -7.30. The Morgan fingerprint density at radius 3 is 1.11 bits per heavy atom. The van der Waals surface area contributed by atoms with Crippen LogP contribution < -0.4 is 48.3 Å². The van der Waals surface area contributed by atoms with Crippen molar-refractivity contribution in [3.63, 3.8) is 0 Å². The van der Waals surface area contributed by atoms with E-state index in [4.69, 9.17) is 5.73 Å². The summed E-state index contributed by atoms with van der Waals surface area (Å²) >= 11 is 4.37. The van der Waals surface area contributed by atoms with E-state index in [2.05, 4.69) is 55.2 Å². The third kappa shape index (κ3) is 25.3. The average Bonchev–Trinajstić information content (AvgIpc) is 3.29. The van der Waals surface area contributed by atoms with Crippen molar-refractivity contribution in [3.8, 4) is 0 Å². The van der Waals surface area contributed by atoms with Crippen LogP contribution in [0.2, 0.25) is 0 Å². The lowest BCUT2D eigenvalue weighted by Gasteiger charge is -2.30. The monoisotopic (exact) mass is 1060 g/mol. The largest absolute Gasteiger partial charge is 0.480 e. The molecule has 8 amide bonds. The minimum Gasteiger partial charge on any atom is -0.480 e. The van der Waals surface area contributed by atoms with E-state index in [0.717, 1.165) is 0 Å². The number of thiol groups is 1. The van der Waals surface area contributed by atoms with Crippen molar-refractivity contribution in [3.05, 3.63) is 35.9 Å². The second kappa shape index (κ2) is 33.6. The molecule has 19 nitrogen and oxygen atoms in total. The van der Waals surface area contributed by atoms with E-state index in [9.17, 15) is 48.3 Å². The smallest absolute Gasteiger partial charge is 0.326 e. The van der Waals surface area contributed by atoms with Crippen molar-refractivity contribution in [2.24, 2.45) is 47.2 Å². The molecule has 420 valence electrons. The van der Waals surface area contributed by atoms with Crippen LogP contribution in [0.4, 0.5) is 0 Å². The van der Waals surface area contributed by atoms with Crippen molar-refractivity contribution < 1.29 is 48.3 Å². The first-order valence-electron chi connectivity index (χ1n) is 26.6. The topological polar surface area (TPSA) is 296 Å². The molecule has 74 heavy (non-hydrogen) atoms. The molecule has 0 aromatic heterocycles. The van der Waals surface area contributed by atoms with E-state index in [1.165, 1.54) is 0 Å². The van der Waals surface area contributed by atoms with Crippen molar-refractivity contribution in [2.45, 2.75) is 203 Å². The van der Waals surface area contributed by atoms with E-state index in [1.807, 2.05) is 90.0 Å². The number of carbonyl (C=O) groups is 9. The molecule has 10 unspecified atom stereocenters. The van der Waals surface area contributed by atoms with Crippen LogP contribution in [0, 0.1) is 41.4 Å². The summed E-state index contributed by atoms with van der Waals surface area (Å²) in [4.78, 5) is 123. The minimum absolute atomic E-state index is 0.00155. The van der Waals surface area contributed by atoms with Gasteiger partial charge in [-0.15, -0.1) is 0 Å². The molecule has 1 aromatic carbocycles. The van der Waals surface area contributed by atoms with E-state index in [1.54, 1.807) is 37.3 Å². The van der Waals surface area contributed by atoms with Gasteiger partial charge in [-0.1, -0.05) is 134 Å². The highest BCUT2D eigenvalue weighted by Crippen LogP contribution is 2.16. The molecule has 1 rings (SSSR count). The van der Waals surface area contributed by atoms with Crippen LogP contribution in [-0.4, -0.2) is 118 Å². The normalized spacial score (nSPS) is 15.7. The fraction of sp³-hybridized carbons (Fsp3) is 0.722. The zero-order chi connectivity index (χ0) is 56.6. The van der Waals surface area contributed by atoms with Crippen LogP contribution in [0.25, 0.3) is 0 Å². The van der Waals surface area contributed by atoms with Crippen molar-refractivity contribution >= 4 is 65.9 Å². The van der Waals surface area contributed by atoms with Gasteiger partial charge in [0.05, 0.1) is 6.04 Å². The summed E-state index contributed by atoms with van der Waals surface area (Å²) in [5, 5.41) is 31.8. The second-order valence-corrected chi connectivity index (χ2v) is 22.8. The molecule has 0 aliphatic carbocycles. The molecule has 0 heterocycles. The SMILES string of the molecule is CCC(C)C(NC(=O)C(CC(C)C)NC(=O)C(CS)NC(=O)C(CC(C)C)NC(=O)C(CC(C)C)NC(=O)C(N)CC(C)C)C(=O)NC(Cc1ccccc1)C(=O)NC(CC(C)C)C(=O)NC(CC(C)C)C(=O)O. The number of nitrogens with one attached hydrogen (secondary N) is 8. The predicted molar refractivity (Wildman–Crippen MR) is 291 cm³/mol. The second-order valence-electron chi connectivity index (χ2n) is 22.4. The average molecular weight is 1060 g/mol. The van der Waals surface area contributed by atoms with E-state index in [0.29, 0.717) is 18.4 Å². The van der Waals surface area contributed by atoms with Gasteiger partial charge >= 0.3 is 5.97 Å². The van der Waals surface area contributed by atoms with Gasteiger partial charge in [-0.25, -0.2) is 4.79 Å². The fourth-order valence-electron chi connectivity index (χ4n) is 8.23. The first kappa shape index (κ1) is 66.8. The number of rotatable bonds is 34. The van der Waals surface area contributed by atoms with Gasteiger partial charge in [0.25, 0.3) is 0 Å². The molecule has 0 radical (unpaired) electrons. The van der Waals surface area contributed by atoms with Gasteiger partial charge in [0.2, 0.25) is 47.3 Å². The summed E-state index contributed by atoms with van der Waals surface area (Å²) in [6, 6.07) is -1.24. The number of carboxylic acid groups (broad SMARTS) is 1. The number of nitrogens with two attached hydrogens (primary N) is 1. The van der Waals surface area contributed by atoms with Gasteiger partial charge in [-0.05, 0) is 85.5 Å². The first-order valence-corrected chi connectivity index (χ1v) is 27.2. The van der Waals surface area contributed by atoms with Crippen LogP contribution in [0.1, 0.15) is 147 Å². The van der Waals surface area contributed by atoms with Crippen LogP contribution in [-0.2, 0) is 49.6 Å². The van der Waals surface area contributed by atoms with E-state index in [-0.39, 0.29) is 79.8 Å². The zero-order valence-corrected chi connectivity index (χ0v) is 47.5. The molecule has 0 aliphatic rings. The summed E-state index contributed by atoms with van der Waals surface area (Å²) in [6.07, 6.45) is 1.80. The summed E-state index contributed by atoms with van der Waals surface area (Å²) in [7, 11) is 0. The highest BCUT2D eigenvalue weighted by molar-refractivity contribution is 7.80. The number of hydrogen-bond acceptors (Lipinski definition) is 11. The molecule has 11 N–H and O–H groups in total. The lowest BCUT2D eigenvalue weighted by molar-refractivity contribution is -0.143. The van der Waals surface area contributed by atoms with E-state index < -0.39 is 114 Å². The molecule has 0 aliphatic heterocycles. The van der Waals surface area contributed by atoms with Crippen LogP contribution in [0.15, 0.2) is 30.3 Å². The lowest BCUT2D eigenvalue weighted by Crippen LogP contribution is -2.62. The van der Waals surface area contributed by atoms with Crippen molar-refractivity contribution in [1.82, 2.24) is 42.5 Å². The Balaban J connectivity index is 3.47. The standard InChI is InChI=1S/C54H93N9O10S/c1-15-35(14)45(53(71)60-42(27-36-19-17-16-18-20-36)50(68)58-39(23-31(6)7)48(66)61-43(54(72)73)26-34(12)13)63-51(69)41(25-33(10)11)59-52(70)44(28-74)62-49(67)40(24-32(8)9)57-47(65)38(22-30(4)5)56-46(64)37(55)21-29(2)3/h16-20,29-35,37-45,74H,15,21-28,55H2,1-14H3,(H,56,64)(H,57,65)(H,58,68)(H,59,70)(H,60,71)(H,61,66)(H,62,67)(H,63,69)(H,72,73). The minimum atomic E-state index is -1.27. The van der Waals surface area contributed by atoms with Gasteiger partial charge < -0.3 is 53.4 Å². The third-order valence-corrected chi connectivity index (χ3v) is 12.6. The highest BCUT2D eigenvalue weighted by atomic mass is 32.1. The number of carbonyl (C=O) groups excluding carboxylic acids is 8. The summed E-state index contributed by atoms with van der Waals surface area (Å²) in [5.41, 5.74) is 6.81. The number of benzene rings is 1. The zero-order valence-electron chi connectivity index (χ0n) is 46.6. The van der Waals surface area contributed by atoms with Gasteiger partial charge in [-0.3, -0.25) is 38.4 Å². The maximum atomic E-state index is 14.4. The quantitative estimate of drug-likeness (QED) is 0.0442. The molecular weight excluding hydrogens is 967 g/mol. The van der Waals surface area contributed by atoms with Crippen molar-refractivity contribution in [1.29, 1.82) is 0 Å². The van der Waals surface area contributed by atoms with Crippen LogP contribution >= 0.6 is 12.6 Å². The Hall–Kier alpha value is -5.24. The highest BCUT2D eigenvalue weighted by Gasteiger charge is 2.37. The molecule has 0 saturated carbocycles. The molecule has 1 aromatic rings. The lowest BCUT2D eigenvalue weighted by atomic mass is 9.95. The molecule has 0 fully saturated rings. The number of hydrogen-bond donors (Lipinski definition) is 11. The predicted octanol–water partition coefficient (Wildman–Crippen LogP) is 3.77. The van der Waals surface area contributed by atoms with Gasteiger partial charge in [-0.2, -0.15) is 12.6 Å². The molecular formula is C54H93N9O10S. The number of amides is 8. The van der Waals surface area contributed by atoms with Gasteiger partial charge in [0, 0.05) is 12.2 Å². The Kier molecular flexibility index (Phi) is 30.3. The third-order valence-electron chi connectivity index (χ3n) is 12.3. The van der Waals surface area contributed by atoms with Crippen molar-refractivity contribution in [2.75, 3.05) is 5.75 Å². The van der Waals surface area contributed by atoms with Crippen LogP contribution in [0.5, 0.6) is 0 Å². The summed E-state index contributed by atoms with van der Waals surface area (Å²) in [6.45, 7) is 26.1. The van der Waals surface area contributed by atoms with Crippen LogP contribution in [0.3, 0.4) is 0 Å². The summed E-state index contributed by atoms with van der Waals surface area (Å²) < 4.78 is 0. The number of aliphatic carboxylic acids is 1. The fourth-order valence-corrected chi connectivity index (χ4v) is 8.49. The maximum absolute atomic E-state index is 14.4. The Labute approximate surface area is 446 Å². The molecule has 10 atom stereocenters. The first-order chi connectivity index (χ1) is 34.5. The Morgan fingerprint density at radius 2 is 0.743 bits per heavy atom. The molecule has 0 bridgehead atoms. The Morgan fingerprint density at radius 1 is 0.432 bits per heavy atom. The molecule has 0 spiro atoms. The molecule has 0 saturated heterocycles.